The summed E-state index contributed by atoms with van der Waals surface area (Å²) < 4.78 is 16.8. The number of aliphatic hydroxyl groups is 4. The van der Waals surface area contributed by atoms with Crippen LogP contribution in [0, 0.1) is 22.7 Å². The summed E-state index contributed by atoms with van der Waals surface area (Å²) in [5.41, 5.74) is -6.12. The number of carbonyl (C=O) groups excluding carboxylic acids is 2. The van der Waals surface area contributed by atoms with Crippen LogP contribution in [0.3, 0.4) is 0 Å². The van der Waals surface area contributed by atoms with Crippen LogP contribution in [0.25, 0.3) is 0 Å². The average molecular weight is 394 g/mol. The number of halogens is 1. The molecule has 0 aromatic rings. The van der Waals surface area contributed by atoms with Gasteiger partial charge in [-0.1, -0.05) is 18.6 Å². The van der Waals surface area contributed by atoms with Crippen molar-refractivity contribution in [3.8, 4) is 0 Å². The largest absolute Gasteiger partial charge is 0.390 e. The Morgan fingerprint density at radius 2 is 1.93 bits per heavy atom. The van der Waals surface area contributed by atoms with Crippen molar-refractivity contribution in [3.63, 3.8) is 0 Å². The van der Waals surface area contributed by atoms with E-state index in [-0.39, 0.29) is 18.6 Å². The number of hydrogen-bond acceptors (Lipinski definition) is 6. The summed E-state index contributed by atoms with van der Waals surface area (Å²) >= 11 is 0. The Morgan fingerprint density at radius 1 is 1.25 bits per heavy atom. The first-order chi connectivity index (χ1) is 13.0. The van der Waals surface area contributed by atoms with Crippen molar-refractivity contribution in [2.75, 3.05) is 6.61 Å². The molecule has 0 unspecified atom stereocenters. The molecule has 28 heavy (non-hydrogen) atoms. The van der Waals surface area contributed by atoms with Gasteiger partial charge in [0.15, 0.2) is 22.8 Å². The van der Waals surface area contributed by atoms with Gasteiger partial charge in [-0.15, -0.1) is 0 Å². The highest BCUT2D eigenvalue weighted by molar-refractivity contribution is 6.01. The lowest BCUT2D eigenvalue weighted by atomic mass is 9.44. The predicted molar refractivity (Wildman–Crippen MR) is 96.8 cm³/mol. The minimum Gasteiger partial charge on any atom is -0.390 e. The van der Waals surface area contributed by atoms with Crippen molar-refractivity contribution < 1.29 is 34.4 Å². The van der Waals surface area contributed by atoms with Gasteiger partial charge >= 0.3 is 0 Å². The Balaban J connectivity index is 1.84. The van der Waals surface area contributed by atoms with Crippen molar-refractivity contribution in [2.45, 2.75) is 63.0 Å². The van der Waals surface area contributed by atoms with E-state index in [0.29, 0.717) is 18.4 Å². The summed E-state index contributed by atoms with van der Waals surface area (Å²) in [4.78, 5) is 24.2. The molecule has 4 rings (SSSR count). The van der Waals surface area contributed by atoms with E-state index in [1.165, 1.54) is 18.2 Å². The van der Waals surface area contributed by atoms with Crippen LogP contribution in [0.15, 0.2) is 23.8 Å². The number of hydrogen-bond donors (Lipinski definition) is 4. The van der Waals surface area contributed by atoms with Crippen molar-refractivity contribution in [3.05, 3.63) is 23.8 Å². The van der Waals surface area contributed by atoms with Gasteiger partial charge in [0.1, 0.15) is 6.61 Å². The van der Waals surface area contributed by atoms with Gasteiger partial charge in [0.2, 0.25) is 0 Å². The molecule has 3 fully saturated rings. The molecule has 4 aliphatic carbocycles. The first-order valence-corrected chi connectivity index (χ1v) is 9.82. The standard InChI is InChI=1S/C21H27FO6/c1-18-6-5-12(24)7-11(18)3-4-13-14-8-15(25)21(28,17(27)10-23)19(14,2)9-16(26)20(13,18)22/h5-7,13-16,23,25-26,28H,3-4,8-10H2,1-2H3/t13-,14+,15-,16+,18+,19+,20+,21+/m1/s1. The maximum atomic E-state index is 16.8. The molecule has 0 bridgehead atoms. The number of carbonyl (C=O) groups is 2. The van der Waals surface area contributed by atoms with E-state index in [0.717, 1.165) is 0 Å². The summed E-state index contributed by atoms with van der Waals surface area (Å²) in [5, 5.41) is 42.1. The number of ketones is 2. The highest BCUT2D eigenvalue weighted by Gasteiger charge is 2.76. The van der Waals surface area contributed by atoms with E-state index >= 15 is 4.39 Å². The van der Waals surface area contributed by atoms with Gasteiger partial charge in [0, 0.05) is 16.7 Å². The second kappa shape index (κ2) is 5.81. The van der Waals surface area contributed by atoms with E-state index in [4.69, 9.17) is 0 Å². The first-order valence-electron chi connectivity index (χ1n) is 9.82. The van der Waals surface area contributed by atoms with Crippen LogP contribution >= 0.6 is 0 Å². The van der Waals surface area contributed by atoms with Crippen LogP contribution in [0.2, 0.25) is 0 Å². The molecule has 0 aromatic heterocycles. The van der Waals surface area contributed by atoms with Crippen LogP contribution in [-0.2, 0) is 9.59 Å². The molecule has 8 atom stereocenters. The molecule has 0 amide bonds. The molecule has 0 aromatic carbocycles. The molecule has 0 spiro atoms. The number of aliphatic hydroxyl groups excluding tert-OH is 3. The molecule has 0 aliphatic heterocycles. The molecule has 0 radical (unpaired) electrons. The summed E-state index contributed by atoms with van der Waals surface area (Å²) in [6, 6.07) is 0. The highest BCUT2D eigenvalue weighted by Crippen LogP contribution is 2.69. The zero-order valence-corrected chi connectivity index (χ0v) is 16.1. The van der Waals surface area contributed by atoms with Gasteiger partial charge in [-0.3, -0.25) is 9.59 Å². The number of allylic oxidation sites excluding steroid dienone is 4. The van der Waals surface area contributed by atoms with Crippen LogP contribution in [0.5, 0.6) is 0 Å². The molecular weight excluding hydrogens is 367 g/mol. The normalized spacial score (nSPS) is 52.5. The highest BCUT2D eigenvalue weighted by atomic mass is 19.1. The Morgan fingerprint density at radius 3 is 2.57 bits per heavy atom. The van der Waals surface area contributed by atoms with Gasteiger partial charge in [0.25, 0.3) is 0 Å². The molecular formula is C21H27FO6. The van der Waals surface area contributed by atoms with Gasteiger partial charge in [0.05, 0.1) is 12.2 Å². The smallest absolute Gasteiger partial charge is 0.192 e. The fourth-order valence-electron chi connectivity index (χ4n) is 6.85. The van der Waals surface area contributed by atoms with Gasteiger partial charge in [-0.05, 0) is 50.7 Å². The maximum Gasteiger partial charge on any atom is 0.192 e. The number of rotatable bonds is 2. The third-order valence-corrected chi connectivity index (χ3v) is 8.43. The number of alkyl halides is 1. The lowest BCUT2D eigenvalue weighted by Crippen LogP contribution is -2.69. The molecule has 0 saturated heterocycles. The van der Waals surface area contributed by atoms with Crippen LogP contribution in [-0.4, -0.2) is 62.1 Å². The zero-order chi connectivity index (χ0) is 20.7. The fourth-order valence-corrected chi connectivity index (χ4v) is 6.85. The van der Waals surface area contributed by atoms with E-state index in [2.05, 4.69) is 0 Å². The van der Waals surface area contributed by atoms with Crippen molar-refractivity contribution in [2.24, 2.45) is 22.7 Å². The van der Waals surface area contributed by atoms with Gasteiger partial charge < -0.3 is 20.4 Å². The Bertz CT molecular complexity index is 807. The summed E-state index contributed by atoms with van der Waals surface area (Å²) in [6.45, 7) is 2.33. The summed E-state index contributed by atoms with van der Waals surface area (Å²) in [6.07, 6.45) is 1.93. The monoisotopic (exact) mass is 394 g/mol. The lowest BCUT2D eigenvalue weighted by molar-refractivity contribution is -0.222. The Hall–Kier alpha value is -1.41. The molecule has 4 N–H and O–H groups in total. The maximum absolute atomic E-state index is 16.8. The first kappa shape index (κ1) is 19.9. The SMILES string of the molecule is C[C@]12C=CC(=O)C=C1CC[C@@H]1[C@@H]3C[C@@H](O)[C@](O)(C(=O)CO)[C@@]3(C)C[C@H](O)[C@@]12F. The molecule has 7 heteroatoms. The number of fused-ring (bicyclic) bond motifs is 5. The predicted octanol–water partition coefficient (Wildman–Crippen LogP) is 0.620. The van der Waals surface area contributed by atoms with E-state index in [9.17, 15) is 30.0 Å². The number of Topliss-reactive ketones (excluding diaryl/α,β-unsaturated/α-hetero) is 1. The summed E-state index contributed by atoms with van der Waals surface area (Å²) in [7, 11) is 0. The van der Waals surface area contributed by atoms with E-state index in [1.54, 1.807) is 13.8 Å². The fraction of sp³-hybridized carbons (Fsp3) is 0.714. The van der Waals surface area contributed by atoms with Gasteiger partial charge in [-0.2, -0.15) is 0 Å². The minimum atomic E-state index is -2.23. The molecule has 0 heterocycles. The quantitative estimate of drug-likeness (QED) is 0.546. The molecule has 3 saturated carbocycles. The summed E-state index contributed by atoms with van der Waals surface area (Å²) in [5.74, 6) is -2.38. The third-order valence-electron chi connectivity index (χ3n) is 8.43. The van der Waals surface area contributed by atoms with Crippen LogP contribution in [0.1, 0.15) is 39.5 Å². The third kappa shape index (κ3) is 2.01. The van der Waals surface area contributed by atoms with E-state index in [1.807, 2.05) is 0 Å². The second-order valence-electron chi connectivity index (χ2n) is 9.36. The molecule has 4 aliphatic rings. The Labute approximate surface area is 162 Å². The van der Waals surface area contributed by atoms with E-state index < -0.39 is 58.5 Å². The van der Waals surface area contributed by atoms with Crippen LogP contribution in [0.4, 0.5) is 4.39 Å². The Kier molecular flexibility index (Phi) is 4.13. The van der Waals surface area contributed by atoms with Gasteiger partial charge in [-0.25, -0.2) is 4.39 Å². The van der Waals surface area contributed by atoms with Crippen molar-refractivity contribution in [1.82, 2.24) is 0 Å². The minimum absolute atomic E-state index is 0.0135. The van der Waals surface area contributed by atoms with Crippen molar-refractivity contribution in [1.29, 1.82) is 0 Å². The topological polar surface area (TPSA) is 115 Å². The van der Waals surface area contributed by atoms with Crippen LogP contribution < -0.4 is 0 Å². The lowest BCUT2D eigenvalue weighted by Gasteiger charge is -2.62. The second-order valence-corrected chi connectivity index (χ2v) is 9.36. The average Bonchev–Trinajstić information content (AvgIpc) is 2.84. The van der Waals surface area contributed by atoms with Crippen molar-refractivity contribution >= 4 is 11.6 Å². The zero-order valence-electron chi connectivity index (χ0n) is 16.1. The molecule has 6 nitrogen and oxygen atoms in total. The molecule has 154 valence electrons.